The fourth-order valence-electron chi connectivity index (χ4n) is 1.23. The van der Waals surface area contributed by atoms with Crippen LogP contribution in [0.4, 0.5) is 0 Å². The zero-order valence-corrected chi connectivity index (χ0v) is 11.2. The molecule has 0 rings (SSSR count). The van der Waals surface area contributed by atoms with Gasteiger partial charge in [0.25, 0.3) is 0 Å². The van der Waals surface area contributed by atoms with Gasteiger partial charge in [0.05, 0.1) is 25.4 Å². The van der Waals surface area contributed by atoms with E-state index in [-0.39, 0.29) is 11.5 Å². The number of rotatable bonds is 8. The third kappa shape index (κ3) is 10.4. The molecule has 0 fully saturated rings. The Kier molecular flexibility index (Phi) is 7.93. The van der Waals surface area contributed by atoms with Crippen molar-refractivity contribution in [3.8, 4) is 0 Å². The monoisotopic (exact) mass is 233 g/mol. The molecule has 0 radical (unpaired) electrons. The van der Waals surface area contributed by atoms with Gasteiger partial charge in [-0.15, -0.1) is 0 Å². The number of aliphatic hydroxyl groups excluding tert-OH is 1. The van der Waals surface area contributed by atoms with E-state index in [1.54, 1.807) is 7.11 Å². The smallest absolute Gasteiger partial charge is 0.0897 e. The second-order valence-electron chi connectivity index (χ2n) is 5.44. The molecule has 0 spiro atoms. The first kappa shape index (κ1) is 15.8. The number of ether oxygens (including phenoxy) is 2. The summed E-state index contributed by atoms with van der Waals surface area (Å²) in [5.41, 5.74) is 0.240. The number of hydrogen-bond donors (Lipinski definition) is 2. The van der Waals surface area contributed by atoms with Crippen LogP contribution in [0.2, 0.25) is 0 Å². The van der Waals surface area contributed by atoms with E-state index in [0.717, 1.165) is 6.54 Å². The minimum Gasteiger partial charge on any atom is -0.389 e. The van der Waals surface area contributed by atoms with Crippen LogP contribution < -0.4 is 5.32 Å². The van der Waals surface area contributed by atoms with Crippen molar-refractivity contribution >= 4 is 0 Å². The normalized spacial score (nSPS) is 16.1. The predicted molar refractivity (Wildman–Crippen MR) is 65.6 cm³/mol. The van der Waals surface area contributed by atoms with Crippen molar-refractivity contribution in [2.75, 3.05) is 33.4 Å². The molecule has 4 nitrogen and oxygen atoms in total. The van der Waals surface area contributed by atoms with E-state index in [2.05, 4.69) is 26.1 Å². The molecule has 4 heteroatoms. The Morgan fingerprint density at radius 2 is 1.88 bits per heavy atom. The van der Waals surface area contributed by atoms with Gasteiger partial charge in [0.15, 0.2) is 0 Å². The average Bonchev–Trinajstić information content (AvgIpc) is 2.13. The van der Waals surface area contributed by atoms with Gasteiger partial charge in [-0.1, -0.05) is 20.8 Å². The summed E-state index contributed by atoms with van der Waals surface area (Å²) in [4.78, 5) is 0. The van der Waals surface area contributed by atoms with Crippen molar-refractivity contribution in [1.29, 1.82) is 0 Å². The average molecular weight is 233 g/mol. The Bertz CT molecular complexity index is 168. The van der Waals surface area contributed by atoms with E-state index >= 15 is 0 Å². The van der Waals surface area contributed by atoms with Gasteiger partial charge in [-0.2, -0.15) is 0 Å². The Hall–Kier alpha value is -0.160. The molecule has 0 aliphatic rings. The van der Waals surface area contributed by atoms with Crippen LogP contribution in [-0.4, -0.2) is 50.7 Å². The minimum absolute atomic E-state index is 0.0299. The van der Waals surface area contributed by atoms with Crippen LogP contribution >= 0.6 is 0 Å². The first-order valence-corrected chi connectivity index (χ1v) is 5.84. The molecule has 0 bridgehead atoms. The molecule has 0 aromatic heterocycles. The highest BCUT2D eigenvalue weighted by molar-refractivity contribution is 4.67. The Morgan fingerprint density at radius 3 is 2.38 bits per heavy atom. The minimum atomic E-state index is -0.457. The molecule has 0 amide bonds. The van der Waals surface area contributed by atoms with Crippen molar-refractivity contribution in [2.45, 2.75) is 39.9 Å². The molecule has 98 valence electrons. The Balaban J connectivity index is 3.48. The van der Waals surface area contributed by atoms with Gasteiger partial charge in [-0.25, -0.2) is 0 Å². The first-order valence-electron chi connectivity index (χ1n) is 5.84. The first-order chi connectivity index (χ1) is 7.35. The van der Waals surface area contributed by atoms with Crippen molar-refractivity contribution in [3.05, 3.63) is 0 Å². The quantitative estimate of drug-likeness (QED) is 0.657. The summed E-state index contributed by atoms with van der Waals surface area (Å²) in [5, 5.41) is 12.9. The van der Waals surface area contributed by atoms with E-state index < -0.39 is 6.10 Å². The molecular weight excluding hydrogens is 206 g/mol. The third-order valence-electron chi connectivity index (χ3n) is 2.01. The highest BCUT2D eigenvalue weighted by atomic mass is 16.5. The van der Waals surface area contributed by atoms with Crippen molar-refractivity contribution in [1.82, 2.24) is 5.32 Å². The van der Waals surface area contributed by atoms with Crippen LogP contribution in [0, 0.1) is 5.41 Å². The number of methoxy groups -OCH3 is 1. The van der Waals surface area contributed by atoms with Gasteiger partial charge < -0.3 is 19.9 Å². The van der Waals surface area contributed by atoms with Crippen molar-refractivity contribution in [2.24, 2.45) is 5.41 Å². The second kappa shape index (κ2) is 8.01. The lowest BCUT2D eigenvalue weighted by atomic mass is 9.97. The lowest BCUT2D eigenvalue weighted by Crippen LogP contribution is -2.36. The van der Waals surface area contributed by atoms with Gasteiger partial charge in [-0.05, 0) is 12.3 Å². The van der Waals surface area contributed by atoms with E-state index in [4.69, 9.17) is 9.47 Å². The van der Waals surface area contributed by atoms with Gasteiger partial charge in [-0.3, -0.25) is 0 Å². The van der Waals surface area contributed by atoms with Gasteiger partial charge >= 0.3 is 0 Å². The highest BCUT2D eigenvalue weighted by Crippen LogP contribution is 2.09. The fourth-order valence-corrected chi connectivity index (χ4v) is 1.23. The summed E-state index contributed by atoms with van der Waals surface area (Å²) in [5.74, 6) is 0. The molecule has 0 aromatic rings. The van der Waals surface area contributed by atoms with Crippen LogP contribution in [0.25, 0.3) is 0 Å². The summed E-state index contributed by atoms with van der Waals surface area (Å²) in [6.45, 7) is 10.8. The number of aliphatic hydroxyl groups is 1. The van der Waals surface area contributed by atoms with Gasteiger partial charge in [0.1, 0.15) is 0 Å². The lowest BCUT2D eigenvalue weighted by molar-refractivity contribution is -0.0313. The van der Waals surface area contributed by atoms with E-state index in [1.165, 1.54) is 0 Å². The van der Waals surface area contributed by atoms with Gasteiger partial charge in [0.2, 0.25) is 0 Å². The van der Waals surface area contributed by atoms with Crippen LogP contribution in [0.5, 0.6) is 0 Å². The van der Waals surface area contributed by atoms with E-state index in [9.17, 15) is 5.11 Å². The van der Waals surface area contributed by atoms with Crippen molar-refractivity contribution < 1.29 is 14.6 Å². The SMILES string of the molecule is COCC(C)OCC(O)CNCC(C)(C)C. The molecule has 0 aliphatic heterocycles. The standard InChI is InChI=1S/C12H27NO3/c1-10(7-15-5)16-8-11(14)6-13-9-12(2,3)4/h10-11,13-14H,6-9H2,1-5H3. The molecule has 2 N–H and O–H groups in total. The predicted octanol–water partition coefficient (Wildman–Crippen LogP) is 1.03. The summed E-state index contributed by atoms with van der Waals surface area (Å²) in [6.07, 6.45) is -0.427. The molecule has 16 heavy (non-hydrogen) atoms. The molecule has 0 aromatic carbocycles. The maximum atomic E-state index is 9.63. The highest BCUT2D eigenvalue weighted by Gasteiger charge is 2.12. The molecule has 0 saturated carbocycles. The fraction of sp³-hybridized carbons (Fsp3) is 1.00. The number of hydrogen-bond acceptors (Lipinski definition) is 4. The van der Waals surface area contributed by atoms with E-state index in [0.29, 0.717) is 19.8 Å². The number of nitrogens with one attached hydrogen (secondary N) is 1. The van der Waals surface area contributed by atoms with E-state index in [1.807, 2.05) is 6.92 Å². The Labute approximate surface area is 99.3 Å². The van der Waals surface area contributed by atoms with Crippen LogP contribution in [-0.2, 0) is 9.47 Å². The maximum absolute atomic E-state index is 9.63. The molecule has 0 aliphatic carbocycles. The zero-order chi connectivity index (χ0) is 12.6. The molecule has 2 unspecified atom stereocenters. The third-order valence-corrected chi connectivity index (χ3v) is 2.01. The summed E-state index contributed by atoms with van der Waals surface area (Å²) in [6, 6.07) is 0. The summed E-state index contributed by atoms with van der Waals surface area (Å²) < 4.78 is 10.4. The van der Waals surface area contributed by atoms with Crippen LogP contribution in [0.1, 0.15) is 27.7 Å². The zero-order valence-electron chi connectivity index (χ0n) is 11.2. The van der Waals surface area contributed by atoms with Crippen LogP contribution in [0.15, 0.2) is 0 Å². The molecule has 0 heterocycles. The van der Waals surface area contributed by atoms with Crippen molar-refractivity contribution in [3.63, 3.8) is 0 Å². The summed E-state index contributed by atoms with van der Waals surface area (Å²) >= 11 is 0. The molecular formula is C12H27NO3. The summed E-state index contributed by atoms with van der Waals surface area (Å²) in [7, 11) is 1.64. The van der Waals surface area contributed by atoms with Crippen LogP contribution in [0.3, 0.4) is 0 Å². The Morgan fingerprint density at radius 1 is 1.25 bits per heavy atom. The maximum Gasteiger partial charge on any atom is 0.0897 e. The lowest BCUT2D eigenvalue weighted by Gasteiger charge is -2.21. The topological polar surface area (TPSA) is 50.7 Å². The largest absolute Gasteiger partial charge is 0.389 e. The molecule has 2 atom stereocenters. The van der Waals surface area contributed by atoms with Gasteiger partial charge in [0, 0.05) is 20.2 Å². The molecule has 0 saturated heterocycles. The second-order valence-corrected chi connectivity index (χ2v) is 5.44.